The highest BCUT2D eigenvalue weighted by Crippen LogP contribution is 1.98. The summed E-state index contributed by atoms with van der Waals surface area (Å²) in [5, 5.41) is 30.6. The summed E-state index contributed by atoms with van der Waals surface area (Å²) in [6, 6.07) is -2.57. The maximum Gasteiger partial charge on any atom is 0.326 e. The van der Waals surface area contributed by atoms with Gasteiger partial charge in [-0.05, 0) is 13.3 Å². The molecule has 7 N–H and O–H groups in total. The molecular formula is C11H19N3O7. The quantitative estimate of drug-likeness (QED) is 0.265. The fourth-order valence-corrected chi connectivity index (χ4v) is 1.27. The van der Waals surface area contributed by atoms with E-state index in [-0.39, 0.29) is 6.42 Å². The minimum absolute atomic E-state index is 0.280. The number of carbonyl (C=O) groups excluding carboxylic acids is 2. The molecule has 0 saturated heterocycles. The van der Waals surface area contributed by atoms with Crippen molar-refractivity contribution in [2.24, 2.45) is 5.73 Å². The Labute approximate surface area is 120 Å². The van der Waals surface area contributed by atoms with Gasteiger partial charge in [0.1, 0.15) is 12.1 Å². The highest BCUT2D eigenvalue weighted by Gasteiger charge is 2.22. The van der Waals surface area contributed by atoms with E-state index in [4.69, 9.17) is 21.1 Å². The number of amides is 2. The Balaban J connectivity index is 4.29. The first-order valence-electron chi connectivity index (χ1n) is 6.10. The number of carbonyl (C=O) groups is 4. The van der Waals surface area contributed by atoms with E-state index < -0.39 is 54.9 Å². The van der Waals surface area contributed by atoms with Crippen molar-refractivity contribution in [2.75, 3.05) is 6.54 Å². The molecule has 10 nitrogen and oxygen atoms in total. The summed E-state index contributed by atoms with van der Waals surface area (Å²) in [6.45, 7) is 0.771. The van der Waals surface area contributed by atoms with Crippen molar-refractivity contribution >= 4 is 23.8 Å². The fourth-order valence-electron chi connectivity index (χ4n) is 1.27. The van der Waals surface area contributed by atoms with Gasteiger partial charge in [-0.1, -0.05) is 0 Å². The number of carboxylic acid groups (broad SMARTS) is 2. The van der Waals surface area contributed by atoms with Gasteiger partial charge in [-0.2, -0.15) is 0 Å². The monoisotopic (exact) mass is 305 g/mol. The third-order valence-corrected chi connectivity index (χ3v) is 2.53. The first-order chi connectivity index (χ1) is 9.65. The zero-order chi connectivity index (χ0) is 16.6. The minimum Gasteiger partial charge on any atom is -0.481 e. The molecule has 0 fully saturated rings. The molecule has 0 aromatic carbocycles. The standard InChI is InChI=1S/C11H19N3O7/c1-5(15)9(12)10(19)13-4-7(16)14-6(11(20)21)2-3-8(17)18/h5-6,9,15H,2-4,12H2,1H3,(H,13,19)(H,14,16)(H,17,18)(H,20,21). The van der Waals surface area contributed by atoms with Crippen LogP contribution in [0.2, 0.25) is 0 Å². The summed E-state index contributed by atoms with van der Waals surface area (Å²) in [5.41, 5.74) is 5.32. The molecule has 0 spiro atoms. The molecule has 3 atom stereocenters. The predicted octanol–water partition coefficient (Wildman–Crippen LogP) is -2.76. The van der Waals surface area contributed by atoms with Gasteiger partial charge in [0.25, 0.3) is 0 Å². The van der Waals surface area contributed by atoms with E-state index in [1.165, 1.54) is 6.92 Å². The molecule has 3 unspecified atom stereocenters. The molecule has 0 heterocycles. The van der Waals surface area contributed by atoms with Gasteiger partial charge in [-0.25, -0.2) is 4.79 Å². The van der Waals surface area contributed by atoms with Crippen molar-refractivity contribution < 1.29 is 34.5 Å². The average Bonchev–Trinajstić information content (AvgIpc) is 2.38. The SMILES string of the molecule is CC(O)C(N)C(=O)NCC(=O)NC(CCC(=O)O)C(=O)O. The topological polar surface area (TPSA) is 179 Å². The van der Waals surface area contributed by atoms with E-state index in [0.29, 0.717) is 0 Å². The normalized spacial score (nSPS) is 14.6. The van der Waals surface area contributed by atoms with Crippen LogP contribution >= 0.6 is 0 Å². The van der Waals surface area contributed by atoms with E-state index in [0.717, 1.165) is 0 Å². The summed E-state index contributed by atoms with van der Waals surface area (Å²) in [7, 11) is 0. The van der Waals surface area contributed by atoms with Gasteiger partial charge in [0.2, 0.25) is 11.8 Å². The van der Waals surface area contributed by atoms with Gasteiger partial charge < -0.3 is 31.7 Å². The van der Waals surface area contributed by atoms with Crippen molar-refractivity contribution in [1.82, 2.24) is 10.6 Å². The van der Waals surface area contributed by atoms with Gasteiger partial charge in [-0.15, -0.1) is 0 Å². The van der Waals surface area contributed by atoms with E-state index in [2.05, 4.69) is 10.6 Å². The van der Waals surface area contributed by atoms with E-state index in [9.17, 15) is 19.2 Å². The predicted molar refractivity (Wildman–Crippen MR) is 69.1 cm³/mol. The van der Waals surface area contributed by atoms with Crippen LogP contribution in [0.3, 0.4) is 0 Å². The molecule has 0 aliphatic rings. The number of rotatable bonds is 9. The summed E-state index contributed by atoms with van der Waals surface area (Å²) in [4.78, 5) is 44.0. The van der Waals surface area contributed by atoms with Gasteiger partial charge in [0.05, 0.1) is 12.6 Å². The number of aliphatic carboxylic acids is 2. The first kappa shape index (κ1) is 18.8. The Hall–Kier alpha value is -2.20. The Morgan fingerprint density at radius 2 is 1.76 bits per heavy atom. The number of nitrogens with one attached hydrogen (secondary N) is 2. The lowest BCUT2D eigenvalue weighted by molar-refractivity contribution is -0.143. The second-order valence-electron chi connectivity index (χ2n) is 4.37. The van der Waals surface area contributed by atoms with Crippen molar-refractivity contribution in [3.8, 4) is 0 Å². The van der Waals surface area contributed by atoms with Crippen LogP contribution in [0.25, 0.3) is 0 Å². The largest absolute Gasteiger partial charge is 0.481 e. The molecule has 0 saturated carbocycles. The smallest absolute Gasteiger partial charge is 0.326 e. The van der Waals surface area contributed by atoms with Crippen LogP contribution in [-0.2, 0) is 19.2 Å². The zero-order valence-corrected chi connectivity index (χ0v) is 11.4. The van der Waals surface area contributed by atoms with E-state index in [1.807, 2.05) is 0 Å². The second-order valence-corrected chi connectivity index (χ2v) is 4.37. The summed E-state index contributed by atoms with van der Waals surface area (Å²) in [6.07, 6.45) is -1.80. The minimum atomic E-state index is -1.38. The summed E-state index contributed by atoms with van der Waals surface area (Å²) < 4.78 is 0. The molecule has 120 valence electrons. The second kappa shape index (κ2) is 8.87. The van der Waals surface area contributed by atoms with Crippen LogP contribution in [0, 0.1) is 0 Å². The number of hydrogen-bond acceptors (Lipinski definition) is 6. The molecule has 0 aliphatic carbocycles. The van der Waals surface area contributed by atoms with Crippen LogP contribution in [0.4, 0.5) is 0 Å². The number of aliphatic hydroxyl groups is 1. The van der Waals surface area contributed by atoms with Gasteiger partial charge >= 0.3 is 11.9 Å². The third-order valence-electron chi connectivity index (χ3n) is 2.53. The van der Waals surface area contributed by atoms with Crippen molar-refractivity contribution in [1.29, 1.82) is 0 Å². The van der Waals surface area contributed by atoms with E-state index in [1.54, 1.807) is 0 Å². The average molecular weight is 305 g/mol. The summed E-state index contributed by atoms with van der Waals surface area (Å²) >= 11 is 0. The molecule has 0 aromatic heterocycles. The zero-order valence-electron chi connectivity index (χ0n) is 11.4. The lowest BCUT2D eigenvalue weighted by Crippen LogP contribution is -2.51. The lowest BCUT2D eigenvalue weighted by Gasteiger charge is -2.16. The third kappa shape index (κ3) is 7.84. The van der Waals surface area contributed by atoms with Gasteiger partial charge in [0.15, 0.2) is 0 Å². The van der Waals surface area contributed by atoms with Crippen LogP contribution in [-0.4, -0.2) is 63.8 Å². The molecule has 21 heavy (non-hydrogen) atoms. The van der Waals surface area contributed by atoms with Crippen molar-refractivity contribution in [3.63, 3.8) is 0 Å². The number of aliphatic hydroxyl groups excluding tert-OH is 1. The molecule has 0 radical (unpaired) electrons. The lowest BCUT2D eigenvalue weighted by atomic mass is 10.1. The van der Waals surface area contributed by atoms with Crippen LogP contribution in [0.15, 0.2) is 0 Å². The summed E-state index contributed by atoms with van der Waals surface area (Å²) in [5.74, 6) is -4.14. The Bertz CT molecular complexity index is 411. The highest BCUT2D eigenvalue weighted by molar-refractivity contribution is 5.89. The highest BCUT2D eigenvalue weighted by atomic mass is 16.4. The van der Waals surface area contributed by atoms with E-state index >= 15 is 0 Å². The molecule has 0 aromatic rings. The molecule has 0 rings (SSSR count). The molecular weight excluding hydrogens is 286 g/mol. The van der Waals surface area contributed by atoms with Crippen molar-refractivity contribution in [3.05, 3.63) is 0 Å². The molecule has 0 aliphatic heterocycles. The maximum atomic E-state index is 11.5. The fraction of sp³-hybridized carbons (Fsp3) is 0.636. The molecule has 10 heteroatoms. The first-order valence-corrected chi connectivity index (χ1v) is 6.10. The Morgan fingerprint density at radius 3 is 2.19 bits per heavy atom. The molecule has 2 amide bonds. The van der Waals surface area contributed by atoms with Crippen molar-refractivity contribution in [2.45, 2.75) is 38.0 Å². The van der Waals surface area contributed by atoms with Crippen LogP contribution < -0.4 is 16.4 Å². The van der Waals surface area contributed by atoms with Crippen LogP contribution in [0.1, 0.15) is 19.8 Å². The van der Waals surface area contributed by atoms with Gasteiger partial charge in [-0.3, -0.25) is 14.4 Å². The number of hydrogen-bond donors (Lipinski definition) is 6. The number of nitrogens with two attached hydrogens (primary N) is 1. The Kier molecular flexibility index (Phi) is 7.94. The van der Waals surface area contributed by atoms with Gasteiger partial charge in [0, 0.05) is 6.42 Å². The number of carboxylic acids is 2. The van der Waals surface area contributed by atoms with Crippen LogP contribution in [0.5, 0.6) is 0 Å². The maximum absolute atomic E-state index is 11.5. The molecule has 0 bridgehead atoms. The Morgan fingerprint density at radius 1 is 1.19 bits per heavy atom.